The molecule has 1 atom stereocenters. The third-order valence-electron chi connectivity index (χ3n) is 5.64. The van der Waals surface area contributed by atoms with Crippen LogP contribution < -0.4 is 4.90 Å². The molecule has 1 amide bonds. The van der Waals surface area contributed by atoms with Gasteiger partial charge >= 0.3 is 6.09 Å². The van der Waals surface area contributed by atoms with Crippen LogP contribution in [-0.2, 0) is 4.74 Å². The van der Waals surface area contributed by atoms with Crippen LogP contribution in [0.2, 0.25) is 0 Å². The third-order valence-corrected chi connectivity index (χ3v) is 5.64. The highest BCUT2D eigenvalue weighted by Crippen LogP contribution is 2.33. The molecule has 1 aliphatic rings. The molecule has 4 rings (SSSR count). The molecule has 0 N–H and O–H groups in total. The fourth-order valence-corrected chi connectivity index (χ4v) is 3.90. The lowest BCUT2D eigenvalue weighted by Crippen LogP contribution is -2.26. The van der Waals surface area contributed by atoms with Crippen molar-refractivity contribution in [2.75, 3.05) is 18.6 Å². The monoisotopic (exact) mass is 434 g/mol. The lowest BCUT2D eigenvalue weighted by Gasteiger charge is -2.17. The first-order valence-electron chi connectivity index (χ1n) is 10.6. The summed E-state index contributed by atoms with van der Waals surface area (Å²) in [5, 5.41) is 0. The lowest BCUT2D eigenvalue weighted by molar-refractivity contribution is 0.161. The van der Waals surface area contributed by atoms with Gasteiger partial charge in [0.05, 0.1) is 18.2 Å². The second kappa shape index (κ2) is 9.30. The molecule has 0 aromatic heterocycles. The Balaban J connectivity index is 1.49. The van der Waals surface area contributed by atoms with Crippen molar-refractivity contribution in [2.24, 2.45) is 4.99 Å². The van der Waals surface area contributed by atoms with Gasteiger partial charge in [-0.25, -0.2) is 13.6 Å². The summed E-state index contributed by atoms with van der Waals surface area (Å²) in [6.45, 7) is 2.10. The second-order valence-electron chi connectivity index (χ2n) is 7.65. The Kier molecular flexibility index (Phi) is 6.30. The minimum atomic E-state index is -0.572. The van der Waals surface area contributed by atoms with E-state index < -0.39 is 17.7 Å². The minimum absolute atomic E-state index is 0.0144. The van der Waals surface area contributed by atoms with E-state index in [2.05, 4.69) is 4.99 Å². The van der Waals surface area contributed by atoms with Crippen LogP contribution in [0.5, 0.6) is 0 Å². The summed E-state index contributed by atoms with van der Waals surface area (Å²) in [4.78, 5) is 17.9. The Labute approximate surface area is 186 Å². The summed E-state index contributed by atoms with van der Waals surface area (Å²) >= 11 is 0. The van der Waals surface area contributed by atoms with Gasteiger partial charge in [-0.05, 0) is 60.7 Å². The molecule has 0 saturated heterocycles. The first-order chi connectivity index (χ1) is 15.5. The van der Waals surface area contributed by atoms with Crippen LogP contribution in [0.15, 0.2) is 71.7 Å². The fraction of sp³-hybridized carbons (Fsp3) is 0.231. The van der Waals surface area contributed by atoms with Crippen molar-refractivity contribution in [1.29, 1.82) is 0 Å². The zero-order chi connectivity index (χ0) is 22.7. The Morgan fingerprint density at radius 1 is 1.00 bits per heavy atom. The Hall–Kier alpha value is -3.54. The highest BCUT2D eigenvalue weighted by molar-refractivity contribution is 6.02. The fourth-order valence-electron chi connectivity index (χ4n) is 3.90. The average Bonchev–Trinajstić information content (AvgIpc) is 3.28. The number of nitrogens with zero attached hydrogens (tertiary/aromatic N) is 2. The van der Waals surface area contributed by atoms with Crippen molar-refractivity contribution in [1.82, 2.24) is 0 Å². The first kappa shape index (κ1) is 21.7. The summed E-state index contributed by atoms with van der Waals surface area (Å²) in [5.74, 6) is -1.14. The summed E-state index contributed by atoms with van der Waals surface area (Å²) in [6, 6.07) is 19.4. The molecule has 0 bridgehead atoms. The number of hydrogen-bond acceptors (Lipinski definition) is 3. The molecule has 6 heteroatoms. The van der Waals surface area contributed by atoms with Gasteiger partial charge < -0.3 is 4.74 Å². The predicted molar refractivity (Wildman–Crippen MR) is 122 cm³/mol. The van der Waals surface area contributed by atoms with Gasteiger partial charge in [0.1, 0.15) is 11.6 Å². The van der Waals surface area contributed by atoms with E-state index >= 15 is 0 Å². The number of aliphatic imine (C=N–C) groups is 1. The van der Waals surface area contributed by atoms with Gasteiger partial charge in [-0.2, -0.15) is 0 Å². The van der Waals surface area contributed by atoms with Crippen LogP contribution in [0.4, 0.5) is 19.3 Å². The number of amides is 1. The van der Waals surface area contributed by atoms with Gasteiger partial charge in [-0.15, -0.1) is 0 Å². The molecule has 0 aliphatic carbocycles. The molecule has 0 saturated carbocycles. The van der Waals surface area contributed by atoms with Crippen molar-refractivity contribution >= 4 is 17.5 Å². The van der Waals surface area contributed by atoms with Crippen molar-refractivity contribution in [2.45, 2.75) is 25.8 Å². The van der Waals surface area contributed by atoms with E-state index in [9.17, 15) is 13.6 Å². The highest BCUT2D eigenvalue weighted by Gasteiger charge is 2.24. The van der Waals surface area contributed by atoms with Gasteiger partial charge in [0, 0.05) is 18.4 Å². The predicted octanol–water partition coefficient (Wildman–Crippen LogP) is 6.55. The zero-order valence-corrected chi connectivity index (χ0v) is 18.0. The first-order valence-corrected chi connectivity index (χ1v) is 10.6. The number of carbonyl (C=O) groups is 1. The maximum absolute atomic E-state index is 14.1. The van der Waals surface area contributed by atoms with Gasteiger partial charge in [-0.3, -0.25) is 9.89 Å². The number of halogens is 2. The molecule has 4 nitrogen and oxygen atoms in total. The van der Waals surface area contributed by atoms with E-state index in [0.29, 0.717) is 18.7 Å². The van der Waals surface area contributed by atoms with Gasteiger partial charge in [-0.1, -0.05) is 42.5 Å². The van der Waals surface area contributed by atoms with Crippen LogP contribution >= 0.6 is 0 Å². The topological polar surface area (TPSA) is 41.9 Å². The highest BCUT2D eigenvalue weighted by atomic mass is 19.1. The van der Waals surface area contributed by atoms with E-state index in [1.54, 1.807) is 14.0 Å². The van der Waals surface area contributed by atoms with Crippen molar-refractivity contribution in [3.05, 3.63) is 89.5 Å². The Morgan fingerprint density at radius 3 is 2.19 bits per heavy atom. The van der Waals surface area contributed by atoms with E-state index in [1.807, 2.05) is 48.5 Å². The van der Waals surface area contributed by atoms with Crippen LogP contribution in [0.25, 0.3) is 11.1 Å². The quantitative estimate of drug-likeness (QED) is 0.457. The number of rotatable bonds is 5. The van der Waals surface area contributed by atoms with Crippen molar-refractivity contribution < 1.29 is 18.3 Å². The summed E-state index contributed by atoms with van der Waals surface area (Å²) in [7, 11) is 1.67. The summed E-state index contributed by atoms with van der Waals surface area (Å²) in [5.41, 5.74) is 4.27. The minimum Gasteiger partial charge on any atom is -0.449 e. The molecule has 0 spiro atoms. The normalized spacial score (nSPS) is 15.4. The number of ether oxygens (including phenoxy) is 1. The van der Waals surface area contributed by atoms with E-state index in [1.165, 1.54) is 23.1 Å². The van der Waals surface area contributed by atoms with Crippen LogP contribution in [0, 0.1) is 11.6 Å². The largest absolute Gasteiger partial charge is 0.449 e. The van der Waals surface area contributed by atoms with Crippen molar-refractivity contribution in [3.63, 3.8) is 0 Å². The number of carbonyl (C=O) groups excluding carboxylic acids is 1. The van der Waals surface area contributed by atoms with E-state index in [0.717, 1.165) is 28.8 Å². The molecule has 3 aromatic carbocycles. The maximum Gasteiger partial charge on any atom is 0.413 e. The van der Waals surface area contributed by atoms with Crippen LogP contribution in [0.3, 0.4) is 0 Å². The molecular weight excluding hydrogens is 410 g/mol. The molecule has 1 unspecified atom stereocenters. The summed E-state index contributed by atoms with van der Waals surface area (Å²) < 4.78 is 33.2. The van der Waals surface area contributed by atoms with Crippen molar-refractivity contribution in [3.8, 4) is 11.1 Å². The maximum atomic E-state index is 14.1. The molecule has 164 valence electrons. The van der Waals surface area contributed by atoms with Crippen LogP contribution in [-0.4, -0.2) is 25.5 Å². The smallest absolute Gasteiger partial charge is 0.413 e. The molecule has 0 fully saturated rings. The van der Waals surface area contributed by atoms with Crippen LogP contribution in [0.1, 0.15) is 36.9 Å². The Morgan fingerprint density at radius 2 is 1.59 bits per heavy atom. The number of hydrogen-bond donors (Lipinski definition) is 0. The summed E-state index contributed by atoms with van der Waals surface area (Å²) in [6.07, 6.45) is 0.869. The third kappa shape index (κ3) is 4.40. The van der Waals surface area contributed by atoms with Gasteiger partial charge in [0.15, 0.2) is 0 Å². The lowest BCUT2D eigenvalue weighted by atomic mass is 9.99. The van der Waals surface area contributed by atoms with E-state index in [-0.39, 0.29) is 11.6 Å². The molecule has 0 radical (unpaired) electrons. The second-order valence-corrected chi connectivity index (χ2v) is 7.65. The Bertz CT molecular complexity index is 1120. The SMILES string of the molecule is CCOC(=O)N(C)c1ccc(-c2ccc(C3CCC(c4c(F)cccc4F)=N3)cc2)cc1. The molecule has 1 aliphatic heterocycles. The molecule has 3 aromatic rings. The van der Waals surface area contributed by atoms with Gasteiger partial charge in [0.2, 0.25) is 0 Å². The number of benzene rings is 3. The number of anilines is 1. The molecule has 32 heavy (non-hydrogen) atoms. The zero-order valence-electron chi connectivity index (χ0n) is 18.0. The van der Waals surface area contributed by atoms with Gasteiger partial charge in [0.25, 0.3) is 0 Å². The van der Waals surface area contributed by atoms with E-state index in [4.69, 9.17) is 4.74 Å². The standard InChI is InChI=1S/C26H24F2N2O2/c1-3-32-26(31)30(2)20-13-11-18(12-14-20)17-7-9-19(10-8-17)23-15-16-24(29-23)25-21(27)5-4-6-22(25)28/h4-14,23H,3,15-16H2,1-2H3. The average molecular weight is 434 g/mol. The molecule has 1 heterocycles. The molecular formula is C26H24F2N2O2.